The molecule has 38 heavy (non-hydrogen) atoms. The van der Waals surface area contributed by atoms with Gasteiger partial charge >= 0.3 is 12.2 Å². The molecule has 0 bridgehead atoms. The van der Waals surface area contributed by atoms with E-state index in [2.05, 4.69) is 89.9 Å². The van der Waals surface area contributed by atoms with Crippen molar-refractivity contribution in [2.24, 2.45) is 0 Å². The number of carbonyl (C=O) groups excluding carboxylic acids is 2. The zero-order valence-corrected chi connectivity index (χ0v) is 25.2. The monoisotopic (exact) mass is 530 g/mol. The number of benzene rings is 1. The maximum Gasteiger partial charge on any atom is 0.407 e. The summed E-state index contributed by atoms with van der Waals surface area (Å²) in [6.07, 6.45) is 2.13. The highest BCUT2D eigenvalue weighted by atomic mass is 16.6. The number of rotatable bonds is 6. The molecule has 2 fully saturated rings. The molecule has 0 atom stereocenters. The zero-order chi connectivity index (χ0) is 28.5. The van der Waals surface area contributed by atoms with Gasteiger partial charge in [0, 0.05) is 60.9 Å². The van der Waals surface area contributed by atoms with Gasteiger partial charge < -0.3 is 20.1 Å². The third-order valence-electron chi connectivity index (χ3n) is 8.95. The lowest BCUT2D eigenvalue weighted by molar-refractivity contribution is -0.0688. The van der Waals surface area contributed by atoms with Gasteiger partial charge in [0.25, 0.3) is 0 Å². The Labute approximate surface area is 229 Å². The molecule has 0 aliphatic carbocycles. The number of nitrogens with zero attached hydrogens (tertiary/aromatic N) is 2. The minimum atomic E-state index is -0.401. The zero-order valence-electron chi connectivity index (χ0n) is 25.2. The fraction of sp³-hybridized carbons (Fsp3) is 0.733. The molecule has 0 saturated carbocycles. The first-order chi connectivity index (χ1) is 17.4. The summed E-state index contributed by atoms with van der Waals surface area (Å²) in [5, 5.41) is 5.77. The van der Waals surface area contributed by atoms with E-state index in [1.807, 2.05) is 24.3 Å². The van der Waals surface area contributed by atoms with E-state index in [1.165, 1.54) is 0 Å². The third-order valence-corrected chi connectivity index (χ3v) is 8.95. The molecule has 0 aromatic heterocycles. The van der Waals surface area contributed by atoms with Gasteiger partial charge in [0.1, 0.15) is 12.2 Å². The van der Waals surface area contributed by atoms with Crippen molar-refractivity contribution in [1.82, 2.24) is 20.4 Å². The van der Waals surface area contributed by atoms with Gasteiger partial charge in [0.15, 0.2) is 0 Å². The number of nitrogens with one attached hydrogen (secondary N) is 2. The number of amides is 2. The topological polar surface area (TPSA) is 83.1 Å². The van der Waals surface area contributed by atoms with E-state index in [1.54, 1.807) is 0 Å². The molecule has 2 amide bonds. The quantitative estimate of drug-likeness (QED) is 0.510. The molecule has 0 unspecified atom stereocenters. The van der Waals surface area contributed by atoms with Crippen molar-refractivity contribution in [2.75, 3.05) is 14.1 Å². The van der Waals surface area contributed by atoms with Crippen LogP contribution in [0.4, 0.5) is 9.59 Å². The van der Waals surface area contributed by atoms with Gasteiger partial charge in [-0.15, -0.1) is 0 Å². The van der Waals surface area contributed by atoms with Crippen molar-refractivity contribution < 1.29 is 19.1 Å². The molecule has 0 spiro atoms. The fourth-order valence-electron chi connectivity index (χ4n) is 6.31. The average Bonchev–Trinajstić information content (AvgIpc) is 2.78. The lowest BCUT2D eigenvalue weighted by Gasteiger charge is -2.53. The van der Waals surface area contributed by atoms with Crippen LogP contribution in [0.3, 0.4) is 0 Å². The maximum atomic E-state index is 12.6. The Bertz CT molecular complexity index is 892. The summed E-state index contributed by atoms with van der Waals surface area (Å²) < 4.78 is 11.6. The second-order valence-corrected chi connectivity index (χ2v) is 13.8. The standard InChI is InChI=1S/C30H50N4O4/c1-27(2)15-23(16-28(3,4)33(27)9)37-25(35)31-19-21-12-11-13-22(14-21)20-32-26(36)38-24-17-29(5,6)34(10)30(7,8)18-24/h11-14,23-24H,15-20H2,1-10H3,(H,31,35)(H,32,36). The molecule has 2 aliphatic rings. The van der Waals surface area contributed by atoms with Crippen LogP contribution in [0, 0.1) is 0 Å². The largest absolute Gasteiger partial charge is 0.446 e. The molecule has 8 heteroatoms. The second-order valence-electron chi connectivity index (χ2n) is 13.8. The summed E-state index contributed by atoms with van der Waals surface area (Å²) in [7, 11) is 4.27. The molecule has 1 aromatic rings. The van der Waals surface area contributed by atoms with Gasteiger partial charge in [-0.1, -0.05) is 24.3 Å². The van der Waals surface area contributed by atoms with E-state index in [4.69, 9.17) is 9.47 Å². The maximum absolute atomic E-state index is 12.6. The summed E-state index contributed by atoms with van der Waals surface area (Å²) in [6, 6.07) is 7.80. The Hall–Kier alpha value is -2.32. The summed E-state index contributed by atoms with van der Waals surface area (Å²) >= 11 is 0. The highest BCUT2D eigenvalue weighted by Gasteiger charge is 2.45. The first-order valence-corrected chi connectivity index (χ1v) is 13.9. The van der Waals surface area contributed by atoms with Crippen LogP contribution < -0.4 is 10.6 Å². The molecule has 214 valence electrons. The number of carbonyl (C=O) groups is 2. The molecule has 1 aromatic carbocycles. The van der Waals surface area contributed by atoms with Crippen molar-refractivity contribution in [3.8, 4) is 0 Å². The number of piperidine rings is 2. The Kier molecular flexibility index (Phi) is 8.79. The first kappa shape index (κ1) is 30.2. The Balaban J connectivity index is 1.46. The van der Waals surface area contributed by atoms with Crippen molar-refractivity contribution in [3.05, 3.63) is 35.4 Å². The van der Waals surface area contributed by atoms with Crippen LogP contribution in [0.25, 0.3) is 0 Å². The Morgan fingerprint density at radius 1 is 0.711 bits per heavy atom. The molecule has 2 heterocycles. The predicted molar refractivity (Wildman–Crippen MR) is 151 cm³/mol. The average molecular weight is 531 g/mol. The van der Waals surface area contributed by atoms with Crippen LogP contribution in [-0.2, 0) is 22.6 Å². The van der Waals surface area contributed by atoms with Crippen molar-refractivity contribution in [1.29, 1.82) is 0 Å². The van der Waals surface area contributed by atoms with E-state index in [0.29, 0.717) is 13.1 Å². The minimum Gasteiger partial charge on any atom is -0.446 e. The van der Waals surface area contributed by atoms with Crippen molar-refractivity contribution in [2.45, 2.75) is 129 Å². The van der Waals surface area contributed by atoms with E-state index >= 15 is 0 Å². The molecule has 3 rings (SSSR count). The first-order valence-electron chi connectivity index (χ1n) is 13.9. The molecule has 2 N–H and O–H groups in total. The number of alkyl carbamates (subject to hydrolysis) is 2. The van der Waals surface area contributed by atoms with E-state index in [9.17, 15) is 9.59 Å². The van der Waals surface area contributed by atoms with E-state index in [-0.39, 0.29) is 34.4 Å². The Morgan fingerprint density at radius 3 is 1.34 bits per heavy atom. The van der Waals surface area contributed by atoms with Gasteiger partial charge in [-0.25, -0.2) is 9.59 Å². The normalized spacial score (nSPS) is 23.4. The second kappa shape index (κ2) is 11.0. The minimum absolute atomic E-state index is 0.0467. The van der Waals surface area contributed by atoms with Crippen molar-refractivity contribution in [3.63, 3.8) is 0 Å². The smallest absolute Gasteiger partial charge is 0.407 e. The van der Waals surface area contributed by atoms with Crippen LogP contribution in [0.5, 0.6) is 0 Å². The molecular weight excluding hydrogens is 480 g/mol. The summed E-state index contributed by atoms with van der Waals surface area (Å²) in [5.74, 6) is 0. The molecular formula is C30H50N4O4. The van der Waals surface area contributed by atoms with Crippen LogP contribution >= 0.6 is 0 Å². The molecule has 2 saturated heterocycles. The SMILES string of the molecule is CN1C(C)(C)CC(OC(=O)NCc2cccc(CNC(=O)OC3CC(C)(C)N(C)C(C)(C)C3)c2)CC1(C)C. The number of ether oxygens (including phenoxy) is 2. The van der Waals surface area contributed by atoms with E-state index < -0.39 is 12.2 Å². The summed E-state index contributed by atoms with van der Waals surface area (Å²) in [5.41, 5.74) is 1.70. The van der Waals surface area contributed by atoms with Gasteiger partial charge in [-0.2, -0.15) is 0 Å². The van der Waals surface area contributed by atoms with Gasteiger partial charge in [0.05, 0.1) is 0 Å². The summed E-state index contributed by atoms with van der Waals surface area (Å²) in [4.78, 5) is 29.9. The molecule has 8 nitrogen and oxygen atoms in total. The Morgan fingerprint density at radius 2 is 1.03 bits per heavy atom. The summed E-state index contributed by atoms with van der Waals surface area (Å²) in [6.45, 7) is 18.2. The number of likely N-dealkylation sites (tertiary alicyclic amines) is 2. The van der Waals surface area contributed by atoms with Crippen LogP contribution in [0.1, 0.15) is 92.2 Å². The lowest BCUT2D eigenvalue weighted by atomic mass is 9.79. The highest BCUT2D eigenvalue weighted by molar-refractivity contribution is 5.68. The third kappa shape index (κ3) is 7.41. The van der Waals surface area contributed by atoms with Crippen molar-refractivity contribution >= 4 is 12.2 Å². The fourth-order valence-corrected chi connectivity index (χ4v) is 6.31. The number of hydrogen-bond acceptors (Lipinski definition) is 6. The molecule has 0 radical (unpaired) electrons. The van der Waals surface area contributed by atoms with Crippen LogP contribution in [0.15, 0.2) is 24.3 Å². The highest BCUT2D eigenvalue weighted by Crippen LogP contribution is 2.39. The molecule has 2 aliphatic heterocycles. The van der Waals surface area contributed by atoms with E-state index in [0.717, 1.165) is 36.8 Å². The van der Waals surface area contributed by atoms with Gasteiger partial charge in [0.2, 0.25) is 0 Å². The predicted octanol–water partition coefficient (Wildman–Crippen LogP) is 5.44. The van der Waals surface area contributed by atoms with Crippen LogP contribution in [-0.4, -0.2) is 70.4 Å². The number of hydrogen-bond donors (Lipinski definition) is 2. The van der Waals surface area contributed by atoms with Gasteiger partial charge in [-0.05, 0) is 80.6 Å². The lowest BCUT2D eigenvalue weighted by Crippen LogP contribution is -2.60. The van der Waals surface area contributed by atoms with Crippen LogP contribution in [0.2, 0.25) is 0 Å². The van der Waals surface area contributed by atoms with Gasteiger partial charge in [-0.3, -0.25) is 9.80 Å².